The molecule has 9 heteroatoms. The molecular weight excluding hydrogens is 470 g/mol. The molecule has 3 heterocycles. The Labute approximate surface area is 214 Å². The Kier molecular flexibility index (Phi) is 6.41. The number of rotatable bonds is 8. The second-order valence-electron chi connectivity index (χ2n) is 9.48. The first-order valence-electron chi connectivity index (χ1n) is 12.0. The van der Waals surface area contributed by atoms with Crippen LogP contribution in [0.4, 0.5) is 5.69 Å². The first kappa shape index (κ1) is 24.5. The summed E-state index contributed by atoms with van der Waals surface area (Å²) in [7, 11) is 5.61. The number of fused-ring (bicyclic) bond motifs is 2. The minimum absolute atomic E-state index is 0.148. The van der Waals surface area contributed by atoms with Crippen LogP contribution in [-0.4, -0.2) is 66.0 Å². The molecule has 1 aliphatic rings. The maximum absolute atomic E-state index is 13.3. The van der Waals surface area contributed by atoms with Crippen LogP contribution in [0.1, 0.15) is 18.1 Å². The predicted octanol–water partition coefficient (Wildman–Crippen LogP) is 3.22. The lowest BCUT2D eigenvalue weighted by Gasteiger charge is -2.21. The SMILES string of the molecule is COC(CN(C)C)Cn1cc(C2=C(c3c[nH]c4ccccc34)C(=O)NC2=O)c2cccc(NC(C)=O)c21. The van der Waals surface area contributed by atoms with Gasteiger partial charge in [0.15, 0.2) is 0 Å². The first-order chi connectivity index (χ1) is 17.8. The number of H-pyrrole nitrogens is 1. The van der Waals surface area contributed by atoms with E-state index in [4.69, 9.17) is 4.74 Å². The van der Waals surface area contributed by atoms with Gasteiger partial charge >= 0.3 is 0 Å². The quantitative estimate of drug-likeness (QED) is 0.323. The van der Waals surface area contributed by atoms with Gasteiger partial charge in [0.2, 0.25) is 5.91 Å². The van der Waals surface area contributed by atoms with Crippen LogP contribution in [0.25, 0.3) is 33.0 Å². The number of imide groups is 1. The summed E-state index contributed by atoms with van der Waals surface area (Å²) in [6.45, 7) is 2.61. The molecule has 0 aliphatic carbocycles. The number of aromatic nitrogens is 2. The second-order valence-corrected chi connectivity index (χ2v) is 9.48. The van der Waals surface area contributed by atoms with E-state index in [1.54, 1.807) is 13.3 Å². The normalized spacial score (nSPS) is 14.7. The third-order valence-electron chi connectivity index (χ3n) is 6.57. The number of amides is 3. The summed E-state index contributed by atoms with van der Waals surface area (Å²) < 4.78 is 7.73. The summed E-state index contributed by atoms with van der Waals surface area (Å²) in [5.41, 5.74) is 4.16. The number of nitrogens with one attached hydrogen (secondary N) is 3. The van der Waals surface area contributed by atoms with E-state index in [9.17, 15) is 14.4 Å². The molecule has 4 aromatic rings. The summed E-state index contributed by atoms with van der Waals surface area (Å²) in [5, 5.41) is 7.01. The summed E-state index contributed by atoms with van der Waals surface area (Å²) >= 11 is 0. The third-order valence-corrected chi connectivity index (χ3v) is 6.57. The monoisotopic (exact) mass is 499 g/mol. The maximum Gasteiger partial charge on any atom is 0.259 e. The van der Waals surface area contributed by atoms with Gasteiger partial charge in [-0.3, -0.25) is 19.7 Å². The molecule has 5 rings (SSSR count). The number of hydrogen-bond acceptors (Lipinski definition) is 5. The zero-order chi connectivity index (χ0) is 26.3. The fourth-order valence-electron chi connectivity index (χ4n) is 5.07. The number of methoxy groups -OCH3 is 1. The van der Waals surface area contributed by atoms with Crippen molar-refractivity contribution in [3.8, 4) is 0 Å². The van der Waals surface area contributed by atoms with Crippen molar-refractivity contribution in [1.82, 2.24) is 19.8 Å². The van der Waals surface area contributed by atoms with Crippen LogP contribution >= 0.6 is 0 Å². The van der Waals surface area contributed by atoms with Crippen molar-refractivity contribution in [2.24, 2.45) is 0 Å². The van der Waals surface area contributed by atoms with Crippen LogP contribution < -0.4 is 10.6 Å². The smallest absolute Gasteiger partial charge is 0.259 e. The Hall–Kier alpha value is -4.21. The van der Waals surface area contributed by atoms with Crippen molar-refractivity contribution in [3.63, 3.8) is 0 Å². The summed E-state index contributed by atoms with van der Waals surface area (Å²) in [6.07, 6.45) is 3.49. The summed E-state index contributed by atoms with van der Waals surface area (Å²) in [4.78, 5) is 43.6. The largest absolute Gasteiger partial charge is 0.378 e. The van der Waals surface area contributed by atoms with Crippen molar-refractivity contribution in [2.75, 3.05) is 33.1 Å². The number of hydrogen-bond donors (Lipinski definition) is 3. The Morgan fingerprint density at radius 1 is 1.03 bits per heavy atom. The van der Waals surface area contributed by atoms with E-state index in [1.165, 1.54) is 6.92 Å². The van der Waals surface area contributed by atoms with Gasteiger partial charge in [-0.2, -0.15) is 0 Å². The number of benzene rings is 2. The number of nitrogens with zero attached hydrogens (tertiary/aromatic N) is 2. The lowest BCUT2D eigenvalue weighted by atomic mass is 9.95. The van der Waals surface area contributed by atoms with E-state index in [0.29, 0.717) is 41.1 Å². The Morgan fingerprint density at radius 2 is 1.73 bits per heavy atom. The average Bonchev–Trinajstić information content (AvgIpc) is 3.51. The number of aromatic amines is 1. The third kappa shape index (κ3) is 4.43. The molecule has 190 valence electrons. The van der Waals surface area contributed by atoms with Crippen molar-refractivity contribution in [2.45, 2.75) is 19.6 Å². The van der Waals surface area contributed by atoms with E-state index in [0.717, 1.165) is 21.8 Å². The number of ether oxygens (including phenoxy) is 1. The van der Waals surface area contributed by atoms with Crippen molar-refractivity contribution in [1.29, 1.82) is 0 Å². The van der Waals surface area contributed by atoms with E-state index in [2.05, 4.69) is 15.6 Å². The number of para-hydroxylation sites is 2. The van der Waals surface area contributed by atoms with Crippen LogP contribution in [-0.2, 0) is 25.7 Å². The van der Waals surface area contributed by atoms with E-state index >= 15 is 0 Å². The maximum atomic E-state index is 13.3. The van der Waals surface area contributed by atoms with Gasteiger partial charge in [0.25, 0.3) is 11.8 Å². The van der Waals surface area contributed by atoms with Crippen LogP contribution in [0.3, 0.4) is 0 Å². The Balaban J connectivity index is 1.76. The molecule has 1 unspecified atom stereocenters. The van der Waals surface area contributed by atoms with Gasteiger partial charge in [-0.05, 0) is 26.2 Å². The average molecular weight is 500 g/mol. The molecule has 0 saturated carbocycles. The predicted molar refractivity (Wildman–Crippen MR) is 144 cm³/mol. The molecule has 3 amide bonds. The molecule has 0 spiro atoms. The molecule has 2 aromatic heterocycles. The number of carbonyl (C=O) groups excluding carboxylic acids is 3. The fraction of sp³-hybridized carbons (Fsp3) is 0.250. The second kappa shape index (κ2) is 9.68. The number of anilines is 1. The zero-order valence-electron chi connectivity index (χ0n) is 21.2. The highest BCUT2D eigenvalue weighted by Crippen LogP contribution is 2.40. The minimum atomic E-state index is -0.453. The van der Waals surface area contributed by atoms with Gasteiger partial charge in [0.05, 0.1) is 35.0 Å². The molecule has 1 atom stereocenters. The molecule has 1 aliphatic heterocycles. The molecule has 3 N–H and O–H groups in total. The van der Waals surface area contributed by atoms with E-state index in [1.807, 2.05) is 72.2 Å². The molecule has 0 fully saturated rings. The topological polar surface area (TPSA) is 108 Å². The highest BCUT2D eigenvalue weighted by Gasteiger charge is 2.35. The molecule has 37 heavy (non-hydrogen) atoms. The molecule has 0 saturated heterocycles. The van der Waals surface area contributed by atoms with Crippen molar-refractivity contribution in [3.05, 3.63) is 66.0 Å². The van der Waals surface area contributed by atoms with Crippen LogP contribution in [0.15, 0.2) is 54.9 Å². The van der Waals surface area contributed by atoms with E-state index in [-0.39, 0.29) is 12.0 Å². The van der Waals surface area contributed by atoms with Gasteiger partial charge in [0, 0.05) is 60.4 Å². The molecule has 9 nitrogen and oxygen atoms in total. The van der Waals surface area contributed by atoms with Gasteiger partial charge in [-0.15, -0.1) is 0 Å². The van der Waals surface area contributed by atoms with Gasteiger partial charge in [-0.25, -0.2) is 0 Å². The highest BCUT2D eigenvalue weighted by molar-refractivity contribution is 6.50. The van der Waals surface area contributed by atoms with Crippen LogP contribution in [0, 0.1) is 0 Å². The molecule has 0 radical (unpaired) electrons. The van der Waals surface area contributed by atoms with Crippen LogP contribution in [0.5, 0.6) is 0 Å². The summed E-state index contributed by atoms with van der Waals surface area (Å²) in [5.74, 6) is -1.09. The summed E-state index contributed by atoms with van der Waals surface area (Å²) in [6, 6.07) is 13.2. The minimum Gasteiger partial charge on any atom is -0.378 e. The first-order valence-corrected chi connectivity index (χ1v) is 12.0. The molecule has 0 bridgehead atoms. The lowest BCUT2D eigenvalue weighted by Crippen LogP contribution is -2.31. The fourth-order valence-corrected chi connectivity index (χ4v) is 5.07. The Bertz CT molecular complexity index is 1580. The van der Waals surface area contributed by atoms with Crippen molar-refractivity contribution < 1.29 is 19.1 Å². The van der Waals surface area contributed by atoms with Gasteiger partial charge < -0.3 is 24.5 Å². The lowest BCUT2D eigenvalue weighted by molar-refractivity contribution is -0.123. The number of likely N-dealkylation sites (N-methyl/N-ethyl adjacent to an activating group) is 1. The Morgan fingerprint density at radius 3 is 2.43 bits per heavy atom. The van der Waals surface area contributed by atoms with Crippen molar-refractivity contribution >= 4 is 56.4 Å². The van der Waals surface area contributed by atoms with E-state index < -0.39 is 11.8 Å². The van der Waals surface area contributed by atoms with Gasteiger partial charge in [0.1, 0.15) is 0 Å². The molecule has 2 aromatic carbocycles. The standard InChI is InChI=1S/C28H29N5O4/c1-16(34)30-23-11-7-9-19-21(15-33(26(19)23)14-17(37-4)13-32(2)3)25-24(27(35)31-28(25)36)20-12-29-22-10-6-5-8-18(20)22/h5-12,15,17,29H,13-14H2,1-4H3,(H,30,34)(H,31,35,36). The van der Waals surface area contributed by atoms with Gasteiger partial charge in [-0.1, -0.05) is 30.3 Å². The number of carbonyl (C=O) groups is 3. The zero-order valence-corrected chi connectivity index (χ0v) is 21.2. The molecular formula is C28H29N5O4. The van der Waals surface area contributed by atoms with Crippen LogP contribution in [0.2, 0.25) is 0 Å². The highest BCUT2D eigenvalue weighted by atomic mass is 16.5.